The summed E-state index contributed by atoms with van der Waals surface area (Å²) in [5, 5.41) is 17.1. The number of nitrogens with zero attached hydrogens (tertiary/aromatic N) is 2. The number of carbonyl (C=O) groups excluding carboxylic acids is 1. The van der Waals surface area contributed by atoms with Crippen LogP contribution >= 0.6 is 0 Å². The van der Waals surface area contributed by atoms with Gasteiger partial charge in [-0.1, -0.05) is 30.3 Å². The Bertz CT molecular complexity index is 620. The molecule has 1 aromatic carbocycles. The van der Waals surface area contributed by atoms with Crippen LogP contribution in [0.4, 0.5) is 0 Å². The lowest BCUT2D eigenvalue weighted by Gasteiger charge is -2.12. The smallest absolute Gasteiger partial charge is 0.224 e. The Hall–Kier alpha value is -2.14. The number of rotatable bonds is 5. The molecule has 0 aliphatic heterocycles. The highest BCUT2D eigenvalue weighted by atomic mass is 16.3. The van der Waals surface area contributed by atoms with Gasteiger partial charge in [0, 0.05) is 24.8 Å². The van der Waals surface area contributed by atoms with Gasteiger partial charge in [0.05, 0.1) is 18.2 Å². The number of hydrogen-bond acceptors (Lipinski definition) is 3. The fraction of sp³-hybridized carbons (Fsp3) is 0.375. The topological polar surface area (TPSA) is 67.2 Å². The Morgan fingerprint density at radius 3 is 2.57 bits per heavy atom. The van der Waals surface area contributed by atoms with E-state index in [1.165, 1.54) is 0 Å². The van der Waals surface area contributed by atoms with Crippen LogP contribution < -0.4 is 5.32 Å². The van der Waals surface area contributed by atoms with Crippen molar-refractivity contribution in [3.63, 3.8) is 0 Å². The van der Waals surface area contributed by atoms with Crippen LogP contribution in [0.25, 0.3) is 0 Å². The van der Waals surface area contributed by atoms with Gasteiger partial charge in [0.25, 0.3) is 0 Å². The largest absolute Gasteiger partial charge is 0.387 e. The minimum Gasteiger partial charge on any atom is -0.387 e. The lowest BCUT2D eigenvalue weighted by molar-refractivity contribution is -0.120. The second-order valence-electron chi connectivity index (χ2n) is 5.18. The van der Waals surface area contributed by atoms with Crippen molar-refractivity contribution in [1.29, 1.82) is 0 Å². The number of benzene rings is 1. The number of aryl methyl sites for hydroxylation is 2. The van der Waals surface area contributed by atoms with Crippen molar-refractivity contribution in [1.82, 2.24) is 15.1 Å². The van der Waals surface area contributed by atoms with E-state index < -0.39 is 6.10 Å². The number of aliphatic hydroxyl groups is 1. The quantitative estimate of drug-likeness (QED) is 0.874. The van der Waals surface area contributed by atoms with Crippen molar-refractivity contribution in [2.24, 2.45) is 7.05 Å². The van der Waals surface area contributed by atoms with E-state index in [1.807, 2.05) is 51.2 Å². The Morgan fingerprint density at radius 1 is 1.33 bits per heavy atom. The molecular formula is C16H21N3O2. The molecule has 5 nitrogen and oxygen atoms in total. The Kier molecular flexibility index (Phi) is 4.75. The van der Waals surface area contributed by atoms with E-state index >= 15 is 0 Å². The van der Waals surface area contributed by atoms with Crippen LogP contribution in [0.2, 0.25) is 0 Å². The van der Waals surface area contributed by atoms with Crippen molar-refractivity contribution in [2.45, 2.75) is 26.4 Å². The van der Waals surface area contributed by atoms with Crippen molar-refractivity contribution in [2.75, 3.05) is 6.54 Å². The maximum absolute atomic E-state index is 12.0. The van der Waals surface area contributed by atoms with Gasteiger partial charge in [-0.25, -0.2) is 0 Å². The minimum atomic E-state index is -0.689. The third-order valence-electron chi connectivity index (χ3n) is 3.67. The molecule has 5 heteroatoms. The molecule has 2 aromatic rings. The van der Waals surface area contributed by atoms with Crippen LogP contribution in [0.1, 0.15) is 28.6 Å². The molecule has 112 valence electrons. The zero-order chi connectivity index (χ0) is 15.4. The van der Waals surface area contributed by atoms with E-state index in [9.17, 15) is 9.90 Å². The van der Waals surface area contributed by atoms with Gasteiger partial charge >= 0.3 is 0 Å². The van der Waals surface area contributed by atoms with Gasteiger partial charge in [-0.2, -0.15) is 5.10 Å². The Morgan fingerprint density at radius 2 is 2.00 bits per heavy atom. The molecule has 0 unspecified atom stereocenters. The third kappa shape index (κ3) is 3.70. The average Bonchev–Trinajstić information content (AvgIpc) is 2.72. The summed E-state index contributed by atoms with van der Waals surface area (Å²) in [6, 6.07) is 9.30. The van der Waals surface area contributed by atoms with Crippen LogP contribution in [0.3, 0.4) is 0 Å². The molecule has 0 aliphatic rings. The van der Waals surface area contributed by atoms with Crippen LogP contribution in [-0.4, -0.2) is 27.3 Å². The lowest BCUT2D eigenvalue weighted by atomic mass is 10.1. The summed E-state index contributed by atoms with van der Waals surface area (Å²) in [5.74, 6) is -0.107. The average molecular weight is 287 g/mol. The second kappa shape index (κ2) is 6.54. The first kappa shape index (κ1) is 15.3. The first-order valence-electron chi connectivity index (χ1n) is 6.98. The zero-order valence-electron chi connectivity index (χ0n) is 12.6. The highest BCUT2D eigenvalue weighted by molar-refractivity contribution is 5.79. The molecule has 0 spiro atoms. The van der Waals surface area contributed by atoms with Gasteiger partial charge in [0.2, 0.25) is 5.91 Å². The van der Waals surface area contributed by atoms with Gasteiger partial charge in [0.1, 0.15) is 0 Å². The van der Waals surface area contributed by atoms with E-state index in [1.54, 1.807) is 4.68 Å². The van der Waals surface area contributed by atoms with Gasteiger partial charge in [-0.3, -0.25) is 9.48 Å². The maximum Gasteiger partial charge on any atom is 0.224 e. The van der Waals surface area contributed by atoms with E-state index in [0.29, 0.717) is 0 Å². The van der Waals surface area contributed by atoms with E-state index in [2.05, 4.69) is 10.4 Å². The monoisotopic (exact) mass is 287 g/mol. The number of hydrogen-bond donors (Lipinski definition) is 2. The third-order valence-corrected chi connectivity index (χ3v) is 3.67. The molecule has 0 saturated heterocycles. The van der Waals surface area contributed by atoms with Crippen LogP contribution in [0.15, 0.2) is 30.3 Å². The van der Waals surface area contributed by atoms with Crippen molar-refractivity contribution in [3.05, 3.63) is 52.8 Å². The summed E-state index contributed by atoms with van der Waals surface area (Å²) in [6.45, 7) is 4.05. The Balaban J connectivity index is 1.91. The molecule has 0 fully saturated rings. The SMILES string of the molecule is Cc1nn(C)c(C)c1CC(=O)NC[C@@H](O)c1ccccc1. The summed E-state index contributed by atoms with van der Waals surface area (Å²) in [4.78, 5) is 12.0. The highest BCUT2D eigenvalue weighted by Gasteiger charge is 2.14. The van der Waals surface area contributed by atoms with Crippen LogP contribution in [0, 0.1) is 13.8 Å². The summed E-state index contributed by atoms with van der Waals surface area (Å²) in [6.07, 6.45) is -0.404. The van der Waals surface area contributed by atoms with Crippen LogP contribution in [-0.2, 0) is 18.3 Å². The number of carbonyl (C=O) groups is 1. The number of aliphatic hydroxyl groups excluding tert-OH is 1. The summed E-state index contributed by atoms with van der Waals surface area (Å²) in [5.41, 5.74) is 3.61. The van der Waals surface area contributed by atoms with Gasteiger partial charge in [-0.15, -0.1) is 0 Å². The standard InChI is InChI=1S/C16H21N3O2/c1-11-14(12(2)19(3)18-11)9-16(21)17-10-15(20)13-7-5-4-6-8-13/h4-8,15,20H,9-10H2,1-3H3,(H,17,21)/t15-/m1/s1. The van der Waals surface area contributed by atoms with Crippen molar-refractivity contribution in [3.8, 4) is 0 Å². The molecule has 2 rings (SSSR count). The molecular weight excluding hydrogens is 266 g/mol. The molecule has 0 bridgehead atoms. The van der Waals surface area contributed by atoms with Crippen LogP contribution in [0.5, 0.6) is 0 Å². The summed E-state index contributed by atoms with van der Waals surface area (Å²) in [7, 11) is 1.86. The lowest BCUT2D eigenvalue weighted by Crippen LogP contribution is -2.30. The van der Waals surface area contributed by atoms with Gasteiger partial charge in [0.15, 0.2) is 0 Å². The van der Waals surface area contributed by atoms with Crippen molar-refractivity contribution < 1.29 is 9.90 Å². The minimum absolute atomic E-state index is 0.107. The summed E-state index contributed by atoms with van der Waals surface area (Å²) < 4.78 is 1.77. The molecule has 0 saturated carbocycles. The number of amides is 1. The molecule has 1 atom stereocenters. The molecule has 21 heavy (non-hydrogen) atoms. The summed E-state index contributed by atoms with van der Waals surface area (Å²) >= 11 is 0. The fourth-order valence-corrected chi connectivity index (χ4v) is 2.30. The predicted molar refractivity (Wildman–Crippen MR) is 80.8 cm³/mol. The van der Waals surface area contributed by atoms with E-state index in [0.717, 1.165) is 22.5 Å². The molecule has 0 aliphatic carbocycles. The second-order valence-corrected chi connectivity index (χ2v) is 5.18. The number of aromatic nitrogens is 2. The fourth-order valence-electron chi connectivity index (χ4n) is 2.30. The molecule has 1 heterocycles. The van der Waals surface area contributed by atoms with E-state index in [-0.39, 0.29) is 18.9 Å². The number of nitrogens with one attached hydrogen (secondary N) is 1. The molecule has 1 amide bonds. The highest BCUT2D eigenvalue weighted by Crippen LogP contribution is 2.13. The van der Waals surface area contributed by atoms with Gasteiger partial charge < -0.3 is 10.4 Å². The normalized spacial score (nSPS) is 12.2. The van der Waals surface area contributed by atoms with Gasteiger partial charge in [-0.05, 0) is 19.4 Å². The maximum atomic E-state index is 12.0. The zero-order valence-corrected chi connectivity index (χ0v) is 12.6. The first-order valence-corrected chi connectivity index (χ1v) is 6.98. The Labute approximate surface area is 124 Å². The molecule has 0 radical (unpaired) electrons. The van der Waals surface area contributed by atoms with E-state index in [4.69, 9.17) is 0 Å². The van der Waals surface area contributed by atoms with Crippen molar-refractivity contribution >= 4 is 5.91 Å². The molecule has 2 N–H and O–H groups in total. The first-order chi connectivity index (χ1) is 9.99. The molecule has 1 aromatic heterocycles. The predicted octanol–water partition coefficient (Wildman–Crippen LogP) is 1.43.